The normalized spacial score (nSPS) is 14.7. The van der Waals surface area contributed by atoms with Crippen molar-refractivity contribution >= 4 is 43.5 Å². The van der Waals surface area contributed by atoms with E-state index in [1.807, 2.05) is 0 Å². The number of phenolic OH excluding ortho intramolecular Hbond substituents is 1. The van der Waals surface area contributed by atoms with E-state index in [4.69, 9.17) is 0 Å². The molecule has 0 aliphatic carbocycles. The van der Waals surface area contributed by atoms with Crippen LogP contribution < -0.4 is 10.6 Å². The number of phenols is 1. The molecule has 1 aromatic carbocycles. The number of rotatable bonds is 1. The molecule has 0 amide bonds. The molecular weight excluding hydrogens is 326 g/mol. The Morgan fingerprint density at radius 1 is 1.13 bits per heavy atom. The Bertz CT molecular complexity index is 389. The van der Waals surface area contributed by atoms with Crippen LogP contribution in [0.1, 0.15) is 0 Å². The van der Waals surface area contributed by atoms with Crippen molar-refractivity contribution in [1.29, 1.82) is 0 Å². The molecule has 0 saturated carbocycles. The minimum absolute atomic E-state index is 0.199. The van der Waals surface area contributed by atoms with Crippen molar-refractivity contribution in [3.8, 4) is 5.75 Å². The zero-order valence-electron chi connectivity index (χ0n) is 7.72. The number of benzene rings is 1. The van der Waals surface area contributed by atoms with Gasteiger partial charge in [0.1, 0.15) is 5.75 Å². The van der Waals surface area contributed by atoms with Crippen molar-refractivity contribution in [3.63, 3.8) is 0 Å². The second-order valence-corrected chi connectivity index (χ2v) is 4.78. The third kappa shape index (κ3) is 2.43. The first-order valence-electron chi connectivity index (χ1n) is 4.41. The van der Waals surface area contributed by atoms with Gasteiger partial charge in [-0.25, -0.2) is 4.99 Å². The Morgan fingerprint density at radius 3 is 2.20 bits per heavy atom. The van der Waals surface area contributed by atoms with Gasteiger partial charge in [0.25, 0.3) is 0 Å². The Balaban J connectivity index is 2.39. The lowest BCUT2D eigenvalue weighted by Crippen LogP contribution is -2.23. The first-order valence-corrected chi connectivity index (χ1v) is 6.00. The van der Waals surface area contributed by atoms with Crippen molar-refractivity contribution < 1.29 is 5.11 Å². The molecule has 4 nitrogen and oxygen atoms in total. The molecular formula is C9H9Br2N3O. The van der Waals surface area contributed by atoms with Crippen LogP contribution in [0.3, 0.4) is 0 Å². The summed E-state index contributed by atoms with van der Waals surface area (Å²) >= 11 is 6.71. The summed E-state index contributed by atoms with van der Waals surface area (Å²) in [6.45, 7) is 1.76. The molecule has 1 fully saturated rings. The lowest BCUT2D eigenvalue weighted by molar-refractivity contribution is 0.474. The number of nitrogens with zero attached hydrogens (tertiary/aromatic N) is 1. The van der Waals surface area contributed by atoms with Gasteiger partial charge in [0.05, 0.1) is 5.69 Å². The Hall–Kier alpha value is -0.750. The molecule has 1 heterocycles. The van der Waals surface area contributed by atoms with Gasteiger partial charge >= 0.3 is 0 Å². The number of hydrogen-bond donors (Lipinski definition) is 3. The van der Waals surface area contributed by atoms with E-state index in [9.17, 15) is 5.11 Å². The van der Waals surface area contributed by atoms with Crippen LogP contribution in [0.15, 0.2) is 26.1 Å². The SMILES string of the molecule is Oc1cc(Br)c(N=C2NCCN2)c(Br)c1. The van der Waals surface area contributed by atoms with Crippen LogP contribution in [0, 0.1) is 0 Å². The van der Waals surface area contributed by atoms with E-state index in [0.717, 1.165) is 33.7 Å². The molecule has 1 saturated heterocycles. The van der Waals surface area contributed by atoms with E-state index in [2.05, 4.69) is 47.5 Å². The minimum atomic E-state index is 0.199. The molecule has 0 unspecified atom stereocenters. The molecule has 0 aromatic heterocycles. The predicted molar refractivity (Wildman–Crippen MR) is 66.6 cm³/mol. The predicted octanol–water partition coefficient (Wildman–Crippen LogP) is 2.10. The van der Waals surface area contributed by atoms with E-state index in [0.29, 0.717) is 0 Å². The van der Waals surface area contributed by atoms with Crippen molar-refractivity contribution in [2.24, 2.45) is 4.99 Å². The molecule has 1 aliphatic heterocycles. The highest BCUT2D eigenvalue weighted by Gasteiger charge is 2.10. The number of aromatic hydroxyl groups is 1. The highest BCUT2D eigenvalue weighted by Crippen LogP contribution is 2.36. The fraction of sp³-hybridized carbons (Fsp3) is 0.222. The molecule has 0 bridgehead atoms. The van der Waals surface area contributed by atoms with Crippen LogP contribution in [-0.2, 0) is 0 Å². The van der Waals surface area contributed by atoms with Crippen LogP contribution in [0.2, 0.25) is 0 Å². The Kier molecular flexibility index (Phi) is 3.16. The molecule has 1 aliphatic rings. The van der Waals surface area contributed by atoms with Gasteiger partial charge < -0.3 is 15.7 Å². The van der Waals surface area contributed by atoms with Gasteiger partial charge in [-0.05, 0) is 44.0 Å². The van der Waals surface area contributed by atoms with Crippen LogP contribution in [0.25, 0.3) is 0 Å². The zero-order chi connectivity index (χ0) is 10.8. The minimum Gasteiger partial charge on any atom is -0.508 e. The molecule has 0 radical (unpaired) electrons. The molecule has 0 spiro atoms. The summed E-state index contributed by atoms with van der Waals surface area (Å²) in [5, 5.41) is 15.6. The molecule has 1 aromatic rings. The monoisotopic (exact) mass is 333 g/mol. The zero-order valence-corrected chi connectivity index (χ0v) is 10.9. The topological polar surface area (TPSA) is 56.7 Å². The maximum atomic E-state index is 9.34. The van der Waals surface area contributed by atoms with Crippen molar-refractivity contribution in [2.75, 3.05) is 13.1 Å². The highest BCUT2D eigenvalue weighted by atomic mass is 79.9. The van der Waals surface area contributed by atoms with Gasteiger partial charge in [0.2, 0.25) is 0 Å². The summed E-state index contributed by atoms with van der Waals surface area (Å²) in [6, 6.07) is 3.22. The number of halogens is 2. The number of aliphatic imine (C=N–C) groups is 1. The van der Waals surface area contributed by atoms with Gasteiger partial charge in [0.15, 0.2) is 5.96 Å². The van der Waals surface area contributed by atoms with E-state index < -0.39 is 0 Å². The van der Waals surface area contributed by atoms with Gasteiger partial charge in [0, 0.05) is 22.0 Å². The second-order valence-electron chi connectivity index (χ2n) is 3.07. The summed E-state index contributed by atoms with van der Waals surface area (Å²) in [5.41, 5.74) is 0.754. The largest absolute Gasteiger partial charge is 0.508 e. The fourth-order valence-electron chi connectivity index (χ4n) is 1.27. The van der Waals surface area contributed by atoms with Gasteiger partial charge in [-0.3, -0.25) is 0 Å². The van der Waals surface area contributed by atoms with Crippen molar-refractivity contribution in [1.82, 2.24) is 10.6 Å². The maximum Gasteiger partial charge on any atom is 0.196 e. The lowest BCUT2D eigenvalue weighted by atomic mass is 10.3. The number of guanidine groups is 1. The molecule has 3 N–H and O–H groups in total. The summed E-state index contributed by atoms with van der Waals surface area (Å²) in [7, 11) is 0. The third-order valence-corrected chi connectivity index (χ3v) is 3.14. The van der Waals surface area contributed by atoms with Crippen molar-refractivity contribution in [3.05, 3.63) is 21.1 Å². The highest BCUT2D eigenvalue weighted by molar-refractivity contribution is 9.11. The van der Waals surface area contributed by atoms with E-state index in [-0.39, 0.29) is 5.75 Å². The van der Waals surface area contributed by atoms with E-state index >= 15 is 0 Å². The molecule has 15 heavy (non-hydrogen) atoms. The summed E-state index contributed by atoms with van der Waals surface area (Å²) in [6.07, 6.45) is 0. The van der Waals surface area contributed by atoms with Crippen LogP contribution in [0.4, 0.5) is 5.69 Å². The Morgan fingerprint density at radius 2 is 1.67 bits per heavy atom. The number of nitrogens with one attached hydrogen (secondary N) is 2. The molecule has 80 valence electrons. The van der Waals surface area contributed by atoms with Crippen LogP contribution >= 0.6 is 31.9 Å². The van der Waals surface area contributed by atoms with E-state index in [1.54, 1.807) is 12.1 Å². The third-order valence-electron chi connectivity index (χ3n) is 1.94. The van der Waals surface area contributed by atoms with Crippen molar-refractivity contribution in [2.45, 2.75) is 0 Å². The van der Waals surface area contributed by atoms with Crippen LogP contribution in [0.5, 0.6) is 5.75 Å². The lowest BCUT2D eigenvalue weighted by Gasteiger charge is -2.05. The quantitative estimate of drug-likeness (QED) is 0.737. The smallest absolute Gasteiger partial charge is 0.196 e. The summed E-state index contributed by atoms with van der Waals surface area (Å²) < 4.78 is 1.50. The maximum absolute atomic E-state index is 9.34. The summed E-state index contributed by atoms with van der Waals surface area (Å²) in [5.74, 6) is 0.951. The number of hydrogen-bond acceptors (Lipinski definition) is 2. The first kappa shape index (κ1) is 10.8. The second kappa shape index (κ2) is 4.40. The van der Waals surface area contributed by atoms with Gasteiger partial charge in [-0.2, -0.15) is 0 Å². The van der Waals surface area contributed by atoms with Gasteiger partial charge in [-0.1, -0.05) is 0 Å². The molecule has 2 rings (SSSR count). The average Bonchev–Trinajstić information content (AvgIpc) is 2.63. The molecule has 0 atom stereocenters. The standard InChI is InChI=1S/C9H9Br2N3O/c10-6-3-5(15)4-7(11)8(6)14-9-12-1-2-13-9/h3-4,15H,1-2H2,(H2,12,13,14). The average molecular weight is 335 g/mol. The van der Waals surface area contributed by atoms with Crippen LogP contribution in [-0.4, -0.2) is 24.2 Å². The fourth-order valence-corrected chi connectivity index (χ4v) is 2.61. The molecule has 6 heteroatoms. The first-order chi connectivity index (χ1) is 7.16. The summed E-state index contributed by atoms with van der Waals surface area (Å²) in [4.78, 5) is 4.39. The Labute approximate surface area is 104 Å². The van der Waals surface area contributed by atoms with E-state index in [1.165, 1.54) is 0 Å². The van der Waals surface area contributed by atoms with Gasteiger partial charge in [-0.15, -0.1) is 0 Å².